The summed E-state index contributed by atoms with van der Waals surface area (Å²) in [6.07, 6.45) is -0.111. The predicted molar refractivity (Wildman–Crippen MR) is 78.8 cm³/mol. The van der Waals surface area contributed by atoms with Gasteiger partial charge in [0.25, 0.3) is 0 Å². The minimum absolute atomic E-state index is 0.0489. The standard InChI is InChI=1S/C14H20N2O5/c1-9(2)21-13-7-11(4-5-12(13)16(19)20)15-8-10(3)6-14(17)18/h4-5,7,9-10,15H,6,8H2,1-3H3,(H,17,18). The van der Waals surface area contributed by atoms with E-state index >= 15 is 0 Å². The zero-order valence-electron chi connectivity index (χ0n) is 12.3. The van der Waals surface area contributed by atoms with Gasteiger partial charge in [0.05, 0.1) is 11.0 Å². The first-order valence-corrected chi connectivity index (χ1v) is 6.70. The summed E-state index contributed by atoms with van der Waals surface area (Å²) in [4.78, 5) is 21.0. The normalized spacial score (nSPS) is 12.0. The Labute approximate surface area is 123 Å². The average molecular weight is 296 g/mol. The van der Waals surface area contributed by atoms with Gasteiger partial charge in [-0.3, -0.25) is 14.9 Å². The zero-order valence-corrected chi connectivity index (χ0v) is 12.3. The Morgan fingerprint density at radius 1 is 1.43 bits per heavy atom. The monoisotopic (exact) mass is 296 g/mol. The van der Waals surface area contributed by atoms with Gasteiger partial charge in [-0.25, -0.2) is 0 Å². The molecule has 1 unspecified atom stereocenters. The fraction of sp³-hybridized carbons (Fsp3) is 0.500. The first kappa shape index (κ1) is 16.7. The van der Waals surface area contributed by atoms with Crippen molar-refractivity contribution in [2.24, 2.45) is 5.92 Å². The molecular formula is C14H20N2O5. The Morgan fingerprint density at radius 2 is 2.10 bits per heavy atom. The number of carbonyl (C=O) groups is 1. The van der Waals surface area contributed by atoms with Crippen molar-refractivity contribution in [3.63, 3.8) is 0 Å². The molecule has 0 amide bonds. The second-order valence-electron chi connectivity index (χ2n) is 5.19. The van der Waals surface area contributed by atoms with E-state index in [2.05, 4.69) is 5.32 Å². The molecule has 1 aromatic rings. The number of rotatable bonds is 8. The number of hydrogen-bond acceptors (Lipinski definition) is 5. The number of carboxylic acids is 1. The molecule has 0 bridgehead atoms. The lowest BCUT2D eigenvalue weighted by atomic mass is 10.1. The van der Waals surface area contributed by atoms with Crippen LogP contribution in [0.15, 0.2) is 18.2 Å². The van der Waals surface area contributed by atoms with Crippen LogP contribution in [0, 0.1) is 16.0 Å². The number of anilines is 1. The summed E-state index contributed by atoms with van der Waals surface area (Å²) < 4.78 is 5.44. The molecule has 0 aliphatic rings. The molecular weight excluding hydrogens is 276 g/mol. The molecule has 21 heavy (non-hydrogen) atoms. The Balaban J connectivity index is 2.80. The average Bonchev–Trinajstić information content (AvgIpc) is 2.34. The van der Waals surface area contributed by atoms with E-state index in [0.717, 1.165) is 0 Å². The molecule has 7 nitrogen and oxygen atoms in total. The summed E-state index contributed by atoms with van der Waals surface area (Å²) >= 11 is 0. The van der Waals surface area contributed by atoms with Gasteiger partial charge in [-0.15, -0.1) is 0 Å². The molecule has 0 aromatic heterocycles. The van der Waals surface area contributed by atoms with Gasteiger partial charge < -0.3 is 15.2 Å². The van der Waals surface area contributed by atoms with Crippen molar-refractivity contribution >= 4 is 17.3 Å². The van der Waals surface area contributed by atoms with Crippen molar-refractivity contribution in [1.29, 1.82) is 0 Å². The van der Waals surface area contributed by atoms with Crippen molar-refractivity contribution in [3.05, 3.63) is 28.3 Å². The Hall–Kier alpha value is -2.31. The highest BCUT2D eigenvalue weighted by atomic mass is 16.6. The van der Waals surface area contributed by atoms with Crippen LogP contribution in [-0.2, 0) is 4.79 Å². The van der Waals surface area contributed by atoms with Crippen molar-refractivity contribution < 1.29 is 19.6 Å². The topological polar surface area (TPSA) is 102 Å². The highest BCUT2D eigenvalue weighted by Crippen LogP contribution is 2.31. The number of hydrogen-bond donors (Lipinski definition) is 2. The van der Waals surface area contributed by atoms with Crippen LogP contribution in [0.1, 0.15) is 27.2 Å². The second kappa shape index (κ2) is 7.47. The highest BCUT2D eigenvalue weighted by Gasteiger charge is 2.17. The maximum absolute atomic E-state index is 10.9. The third-order valence-electron chi connectivity index (χ3n) is 2.70. The number of carboxylic acid groups (broad SMARTS) is 1. The van der Waals surface area contributed by atoms with E-state index in [-0.39, 0.29) is 29.9 Å². The molecule has 1 atom stereocenters. The summed E-state index contributed by atoms with van der Waals surface area (Å²) in [5.74, 6) is -0.699. The van der Waals surface area contributed by atoms with Crippen LogP contribution in [0.5, 0.6) is 5.75 Å². The Kier molecular flexibility index (Phi) is 5.95. The van der Waals surface area contributed by atoms with Gasteiger partial charge in [0.2, 0.25) is 0 Å². The third kappa shape index (κ3) is 5.68. The van der Waals surface area contributed by atoms with Gasteiger partial charge in [-0.05, 0) is 25.8 Å². The molecule has 116 valence electrons. The second-order valence-corrected chi connectivity index (χ2v) is 5.19. The van der Waals surface area contributed by atoms with Crippen LogP contribution < -0.4 is 10.1 Å². The van der Waals surface area contributed by atoms with E-state index in [9.17, 15) is 14.9 Å². The number of nitro groups is 1. The molecule has 0 fully saturated rings. The minimum Gasteiger partial charge on any atom is -0.484 e. The van der Waals surface area contributed by atoms with Crippen LogP contribution in [0.2, 0.25) is 0 Å². The lowest BCUT2D eigenvalue weighted by molar-refractivity contribution is -0.386. The van der Waals surface area contributed by atoms with Gasteiger partial charge in [-0.2, -0.15) is 0 Å². The van der Waals surface area contributed by atoms with Gasteiger partial charge in [0.15, 0.2) is 5.75 Å². The van der Waals surface area contributed by atoms with Crippen molar-refractivity contribution in [2.75, 3.05) is 11.9 Å². The Morgan fingerprint density at radius 3 is 2.62 bits per heavy atom. The first-order chi connectivity index (χ1) is 9.79. The van der Waals surface area contributed by atoms with E-state index in [1.807, 2.05) is 6.92 Å². The molecule has 0 aliphatic carbocycles. The molecule has 0 saturated heterocycles. The number of aliphatic carboxylic acids is 1. The molecule has 1 rings (SSSR count). The third-order valence-corrected chi connectivity index (χ3v) is 2.70. The van der Waals surface area contributed by atoms with Gasteiger partial charge in [0.1, 0.15) is 0 Å². The van der Waals surface area contributed by atoms with E-state index in [0.29, 0.717) is 12.2 Å². The van der Waals surface area contributed by atoms with E-state index in [4.69, 9.17) is 9.84 Å². The molecule has 0 radical (unpaired) electrons. The molecule has 2 N–H and O–H groups in total. The maximum Gasteiger partial charge on any atom is 0.311 e. The Bertz CT molecular complexity index is 516. The maximum atomic E-state index is 10.9. The summed E-state index contributed by atoms with van der Waals surface area (Å²) in [6.45, 7) is 5.86. The number of ether oxygens (including phenoxy) is 1. The molecule has 0 heterocycles. The lowest BCUT2D eigenvalue weighted by Crippen LogP contribution is -2.15. The predicted octanol–water partition coefficient (Wildman–Crippen LogP) is 2.90. The molecule has 7 heteroatoms. The van der Waals surface area contributed by atoms with Crippen LogP contribution in [0.25, 0.3) is 0 Å². The fourth-order valence-electron chi connectivity index (χ4n) is 1.79. The van der Waals surface area contributed by atoms with Crippen LogP contribution in [0.4, 0.5) is 11.4 Å². The summed E-state index contributed by atoms with van der Waals surface area (Å²) in [5, 5.41) is 22.7. The number of nitro benzene ring substituents is 1. The SMILES string of the molecule is CC(CNc1ccc([N+](=O)[O-])c(OC(C)C)c1)CC(=O)O. The van der Waals surface area contributed by atoms with Crippen molar-refractivity contribution in [3.8, 4) is 5.75 Å². The fourth-order valence-corrected chi connectivity index (χ4v) is 1.79. The van der Waals surface area contributed by atoms with Gasteiger partial charge >= 0.3 is 11.7 Å². The molecule has 1 aromatic carbocycles. The van der Waals surface area contributed by atoms with Crippen molar-refractivity contribution in [1.82, 2.24) is 0 Å². The highest BCUT2D eigenvalue weighted by molar-refractivity contribution is 5.67. The van der Waals surface area contributed by atoms with E-state index in [1.54, 1.807) is 26.0 Å². The van der Waals surface area contributed by atoms with Crippen molar-refractivity contribution in [2.45, 2.75) is 33.3 Å². The van der Waals surface area contributed by atoms with Crippen LogP contribution >= 0.6 is 0 Å². The zero-order chi connectivity index (χ0) is 16.0. The molecule has 0 aliphatic heterocycles. The number of nitrogens with one attached hydrogen (secondary N) is 1. The van der Waals surface area contributed by atoms with Crippen LogP contribution in [0.3, 0.4) is 0 Å². The minimum atomic E-state index is -0.850. The number of nitrogens with zero attached hydrogens (tertiary/aromatic N) is 1. The van der Waals surface area contributed by atoms with Gasteiger partial charge in [-0.1, -0.05) is 6.92 Å². The molecule has 0 saturated carbocycles. The van der Waals surface area contributed by atoms with E-state index in [1.165, 1.54) is 6.07 Å². The quantitative estimate of drug-likeness (QED) is 0.565. The van der Waals surface area contributed by atoms with Gasteiger partial charge in [0, 0.05) is 30.8 Å². The first-order valence-electron chi connectivity index (χ1n) is 6.70. The van der Waals surface area contributed by atoms with E-state index < -0.39 is 10.9 Å². The summed E-state index contributed by atoms with van der Waals surface area (Å²) in [7, 11) is 0. The smallest absolute Gasteiger partial charge is 0.311 e. The summed E-state index contributed by atoms with van der Waals surface area (Å²) in [5.41, 5.74) is 0.571. The summed E-state index contributed by atoms with van der Waals surface area (Å²) in [6, 6.07) is 4.52. The lowest BCUT2D eigenvalue weighted by Gasteiger charge is -2.14. The largest absolute Gasteiger partial charge is 0.484 e. The number of benzene rings is 1. The van der Waals surface area contributed by atoms with Crippen LogP contribution in [-0.4, -0.2) is 28.6 Å². The molecule has 0 spiro atoms.